The van der Waals surface area contributed by atoms with Crippen LogP contribution in [0.4, 0.5) is 11.5 Å². The summed E-state index contributed by atoms with van der Waals surface area (Å²) in [6.07, 6.45) is 3.24. The summed E-state index contributed by atoms with van der Waals surface area (Å²) < 4.78 is 1.20. The van der Waals surface area contributed by atoms with Crippen LogP contribution >= 0.6 is 22.6 Å². The molecular weight excluding hydrogens is 339 g/mol. The minimum absolute atomic E-state index is 0.695. The molecule has 2 aromatic heterocycles. The van der Waals surface area contributed by atoms with Crippen molar-refractivity contribution in [2.75, 3.05) is 5.32 Å². The molecule has 1 aromatic carbocycles. The van der Waals surface area contributed by atoms with Gasteiger partial charge in [-0.1, -0.05) is 0 Å². The molecule has 0 unspecified atom stereocenters. The van der Waals surface area contributed by atoms with E-state index in [0.717, 1.165) is 16.9 Å². The summed E-state index contributed by atoms with van der Waals surface area (Å²) in [4.78, 5) is 12.6. The van der Waals surface area contributed by atoms with Gasteiger partial charge in [-0.25, -0.2) is 15.0 Å². The zero-order valence-corrected chi connectivity index (χ0v) is 11.5. The summed E-state index contributed by atoms with van der Waals surface area (Å²) in [5, 5.41) is 4.20. The standard InChI is InChI=1S/C13H9IN4/c14-9-3-5-10(6-4-9)18-13-11-2-1-7-15-12(11)16-8-17-13/h1-8H,(H,15,16,17,18). The predicted molar refractivity (Wildman–Crippen MR) is 79.8 cm³/mol. The molecule has 0 saturated carbocycles. The van der Waals surface area contributed by atoms with E-state index in [-0.39, 0.29) is 0 Å². The SMILES string of the molecule is Ic1ccc(Nc2ncnc3ncccc23)cc1. The van der Waals surface area contributed by atoms with Crippen molar-refractivity contribution < 1.29 is 0 Å². The number of benzene rings is 1. The Morgan fingerprint density at radius 1 is 0.944 bits per heavy atom. The molecular formula is C13H9IN4. The van der Waals surface area contributed by atoms with Gasteiger partial charge in [-0.05, 0) is 59.0 Å². The van der Waals surface area contributed by atoms with Crippen LogP contribution in [0.15, 0.2) is 48.9 Å². The van der Waals surface area contributed by atoms with E-state index >= 15 is 0 Å². The van der Waals surface area contributed by atoms with Crippen molar-refractivity contribution in [3.63, 3.8) is 0 Å². The van der Waals surface area contributed by atoms with E-state index in [1.165, 1.54) is 9.90 Å². The number of halogens is 1. The first-order valence-electron chi connectivity index (χ1n) is 5.41. The molecule has 1 N–H and O–H groups in total. The molecule has 0 spiro atoms. The van der Waals surface area contributed by atoms with Gasteiger partial charge in [0.1, 0.15) is 12.1 Å². The highest BCUT2D eigenvalue weighted by Gasteiger charge is 2.03. The highest BCUT2D eigenvalue weighted by atomic mass is 127. The zero-order valence-electron chi connectivity index (χ0n) is 9.34. The molecule has 0 radical (unpaired) electrons. The maximum Gasteiger partial charge on any atom is 0.164 e. The van der Waals surface area contributed by atoms with Crippen molar-refractivity contribution in [1.29, 1.82) is 0 Å². The van der Waals surface area contributed by atoms with E-state index in [9.17, 15) is 0 Å². The first-order valence-corrected chi connectivity index (χ1v) is 6.49. The highest BCUT2D eigenvalue weighted by Crippen LogP contribution is 2.21. The Balaban J connectivity index is 2.02. The predicted octanol–water partition coefficient (Wildman–Crippen LogP) is 3.37. The number of hydrogen-bond acceptors (Lipinski definition) is 4. The van der Waals surface area contributed by atoms with Gasteiger partial charge in [-0.3, -0.25) is 0 Å². The van der Waals surface area contributed by atoms with Crippen LogP contribution in [-0.2, 0) is 0 Å². The number of pyridine rings is 1. The number of fused-ring (bicyclic) bond motifs is 1. The van der Waals surface area contributed by atoms with E-state index in [0.29, 0.717) is 5.65 Å². The lowest BCUT2D eigenvalue weighted by atomic mass is 10.3. The normalized spacial score (nSPS) is 10.5. The first kappa shape index (κ1) is 11.3. The maximum absolute atomic E-state index is 4.26. The molecule has 5 heteroatoms. The number of rotatable bonds is 2. The second kappa shape index (κ2) is 4.85. The summed E-state index contributed by atoms with van der Waals surface area (Å²) >= 11 is 2.28. The number of hydrogen-bond donors (Lipinski definition) is 1. The third-order valence-corrected chi connectivity index (χ3v) is 3.23. The van der Waals surface area contributed by atoms with Crippen molar-refractivity contribution in [3.8, 4) is 0 Å². The Hall–Kier alpha value is -1.76. The molecule has 3 aromatic rings. The second-order valence-electron chi connectivity index (χ2n) is 3.73. The van der Waals surface area contributed by atoms with Gasteiger partial charge in [0.15, 0.2) is 5.65 Å². The number of nitrogens with zero attached hydrogens (tertiary/aromatic N) is 3. The van der Waals surface area contributed by atoms with Crippen LogP contribution in [0.1, 0.15) is 0 Å². The van der Waals surface area contributed by atoms with Crippen LogP contribution < -0.4 is 5.32 Å². The molecule has 0 aliphatic heterocycles. The summed E-state index contributed by atoms with van der Waals surface area (Å²) in [5.41, 5.74) is 1.69. The molecule has 0 fully saturated rings. The lowest BCUT2D eigenvalue weighted by Crippen LogP contribution is -1.96. The van der Waals surface area contributed by atoms with Crippen molar-refractivity contribution in [1.82, 2.24) is 15.0 Å². The number of anilines is 2. The van der Waals surface area contributed by atoms with E-state index in [1.54, 1.807) is 6.20 Å². The molecule has 0 bridgehead atoms. The number of nitrogens with one attached hydrogen (secondary N) is 1. The van der Waals surface area contributed by atoms with Gasteiger partial charge in [-0.2, -0.15) is 0 Å². The number of aromatic nitrogens is 3. The van der Waals surface area contributed by atoms with Crippen LogP contribution in [0.5, 0.6) is 0 Å². The minimum atomic E-state index is 0.695. The van der Waals surface area contributed by atoms with Crippen LogP contribution in [0.3, 0.4) is 0 Å². The Bertz CT molecular complexity index is 677. The van der Waals surface area contributed by atoms with Crippen molar-refractivity contribution in [2.45, 2.75) is 0 Å². The average molecular weight is 348 g/mol. The highest BCUT2D eigenvalue weighted by molar-refractivity contribution is 14.1. The van der Waals surface area contributed by atoms with Crippen LogP contribution in [0.25, 0.3) is 11.0 Å². The van der Waals surface area contributed by atoms with Gasteiger partial charge in [0.05, 0.1) is 5.39 Å². The van der Waals surface area contributed by atoms with E-state index < -0.39 is 0 Å². The molecule has 0 atom stereocenters. The third-order valence-electron chi connectivity index (χ3n) is 2.52. The minimum Gasteiger partial charge on any atom is -0.340 e. The smallest absolute Gasteiger partial charge is 0.164 e. The van der Waals surface area contributed by atoms with Crippen LogP contribution in [0.2, 0.25) is 0 Å². The van der Waals surface area contributed by atoms with Gasteiger partial charge in [0.25, 0.3) is 0 Å². The third kappa shape index (κ3) is 2.26. The second-order valence-corrected chi connectivity index (χ2v) is 4.97. The molecule has 0 amide bonds. The van der Waals surface area contributed by atoms with Crippen molar-refractivity contribution in [2.24, 2.45) is 0 Å². The Kier molecular flexibility index (Phi) is 3.06. The monoisotopic (exact) mass is 348 g/mol. The van der Waals surface area contributed by atoms with E-state index in [2.05, 4.69) is 42.9 Å². The topological polar surface area (TPSA) is 50.7 Å². The van der Waals surface area contributed by atoms with Gasteiger partial charge < -0.3 is 5.32 Å². The van der Waals surface area contributed by atoms with Gasteiger partial charge >= 0.3 is 0 Å². The van der Waals surface area contributed by atoms with Crippen molar-refractivity contribution in [3.05, 3.63) is 52.5 Å². The van der Waals surface area contributed by atoms with Gasteiger partial charge in [0.2, 0.25) is 0 Å². The summed E-state index contributed by atoms with van der Waals surface area (Å²) in [6, 6.07) is 12.0. The van der Waals surface area contributed by atoms with Gasteiger partial charge in [0, 0.05) is 15.5 Å². The lowest BCUT2D eigenvalue weighted by Gasteiger charge is -2.07. The Morgan fingerprint density at radius 3 is 2.61 bits per heavy atom. The molecule has 4 nitrogen and oxygen atoms in total. The van der Waals surface area contributed by atoms with E-state index in [4.69, 9.17) is 0 Å². The van der Waals surface area contributed by atoms with Crippen LogP contribution in [0, 0.1) is 3.57 Å². The zero-order chi connectivity index (χ0) is 12.4. The summed E-state index contributed by atoms with van der Waals surface area (Å²) in [6.45, 7) is 0. The molecule has 2 heterocycles. The lowest BCUT2D eigenvalue weighted by molar-refractivity contribution is 1.18. The van der Waals surface area contributed by atoms with Gasteiger partial charge in [-0.15, -0.1) is 0 Å². The Labute approximate surface area is 118 Å². The van der Waals surface area contributed by atoms with Crippen LogP contribution in [-0.4, -0.2) is 15.0 Å². The Morgan fingerprint density at radius 2 is 1.78 bits per heavy atom. The van der Waals surface area contributed by atoms with Crippen molar-refractivity contribution >= 4 is 45.1 Å². The molecule has 0 aliphatic carbocycles. The molecule has 0 saturated heterocycles. The fraction of sp³-hybridized carbons (Fsp3) is 0. The molecule has 0 aliphatic rings. The molecule has 88 valence electrons. The molecule has 18 heavy (non-hydrogen) atoms. The summed E-state index contributed by atoms with van der Waals surface area (Å²) in [5.74, 6) is 0.773. The fourth-order valence-corrected chi connectivity index (χ4v) is 2.02. The fourth-order valence-electron chi connectivity index (χ4n) is 1.67. The first-order chi connectivity index (χ1) is 8.83. The largest absolute Gasteiger partial charge is 0.340 e. The molecule has 3 rings (SSSR count). The van der Waals surface area contributed by atoms with E-state index in [1.807, 2.05) is 36.4 Å². The quantitative estimate of drug-likeness (QED) is 0.722. The summed E-state index contributed by atoms with van der Waals surface area (Å²) in [7, 11) is 0. The maximum atomic E-state index is 4.26. The average Bonchev–Trinajstić information content (AvgIpc) is 2.42.